The van der Waals surface area contributed by atoms with Gasteiger partial charge in [0.05, 0.1) is 21.3 Å². The molecule has 2 heterocycles. The lowest BCUT2D eigenvalue weighted by Crippen LogP contribution is -2.52. The van der Waals surface area contributed by atoms with Gasteiger partial charge in [-0.3, -0.25) is 9.89 Å². The van der Waals surface area contributed by atoms with Crippen LogP contribution in [0.15, 0.2) is 17.1 Å². The Bertz CT molecular complexity index is 718. The smallest absolute Gasteiger partial charge is 0.203 e. The first kappa shape index (κ1) is 24.5. The number of hydrogen-bond donors (Lipinski definition) is 1. The van der Waals surface area contributed by atoms with Crippen molar-refractivity contribution in [2.24, 2.45) is 10.9 Å². The van der Waals surface area contributed by atoms with Crippen LogP contribution < -0.4 is 19.5 Å². The zero-order valence-corrected chi connectivity index (χ0v) is 20.5. The van der Waals surface area contributed by atoms with Crippen LogP contribution in [0, 0.1) is 5.92 Å². The van der Waals surface area contributed by atoms with Gasteiger partial charge in [0.2, 0.25) is 5.75 Å². The minimum Gasteiger partial charge on any atom is -0.493 e. The maximum atomic E-state index is 5.50. The summed E-state index contributed by atoms with van der Waals surface area (Å²) in [6.07, 6.45) is 2.70. The molecule has 1 aromatic carbocycles. The Balaban J connectivity index is 1.48. The summed E-state index contributed by atoms with van der Waals surface area (Å²) < 4.78 is 16.4. The second-order valence-electron chi connectivity index (χ2n) is 8.84. The van der Waals surface area contributed by atoms with Crippen molar-refractivity contribution in [2.45, 2.75) is 26.3 Å². The molecule has 2 aliphatic rings. The molecular weight excluding hydrogens is 406 g/mol. The predicted molar refractivity (Wildman–Crippen MR) is 129 cm³/mol. The highest BCUT2D eigenvalue weighted by molar-refractivity contribution is 5.80. The average molecular weight is 448 g/mol. The molecule has 1 atom stereocenters. The van der Waals surface area contributed by atoms with Gasteiger partial charge in [0.25, 0.3) is 0 Å². The summed E-state index contributed by atoms with van der Waals surface area (Å²) in [6, 6.07) is 4.08. The lowest BCUT2D eigenvalue weighted by atomic mass is 10.1. The van der Waals surface area contributed by atoms with Gasteiger partial charge in [-0.1, -0.05) is 6.92 Å². The van der Waals surface area contributed by atoms with Crippen LogP contribution in [0.3, 0.4) is 0 Å². The SMILES string of the molecule is CN=C(NCC(C)CN1CCCC1)N1CCN(Cc2cc(OC)c(OC)c(OC)c2)CC1. The molecule has 8 heteroatoms. The summed E-state index contributed by atoms with van der Waals surface area (Å²) in [5.41, 5.74) is 1.16. The number of guanidine groups is 1. The molecule has 1 N–H and O–H groups in total. The van der Waals surface area contributed by atoms with Gasteiger partial charge in [-0.25, -0.2) is 0 Å². The Hall–Kier alpha value is -2.19. The van der Waals surface area contributed by atoms with E-state index in [0.717, 1.165) is 50.8 Å². The summed E-state index contributed by atoms with van der Waals surface area (Å²) in [4.78, 5) is 11.9. The van der Waals surface area contributed by atoms with E-state index in [1.165, 1.54) is 32.5 Å². The van der Waals surface area contributed by atoms with Gasteiger partial charge in [-0.2, -0.15) is 0 Å². The van der Waals surface area contributed by atoms with Crippen molar-refractivity contribution < 1.29 is 14.2 Å². The van der Waals surface area contributed by atoms with Gasteiger partial charge < -0.3 is 29.3 Å². The number of rotatable bonds is 9. The first-order valence-corrected chi connectivity index (χ1v) is 11.8. The number of hydrogen-bond acceptors (Lipinski definition) is 6. The van der Waals surface area contributed by atoms with Crippen LogP contribution in [0.25, 0.3) is 0 Å². The van der Waals surface area contributed by atoms with Crippen LogP contribution in [0.5, 0.6) is 17.2 Å². The Labute approximate surface area is 193 Å². The zero-order chi connectivity index (χ0) is 22.9. The topological polar surface area (TPSA) is 61.8 Å². The van der Waals surface area contributed by atoms with Gasteiger partial charge in [0, 0.05) is 52.9 Å². The Kier molecular flexibility index (Phi) is 9.29. The number of aliphatic imine (C=N–C) groups is 1. The second kappa shape index (κ2) is 12.2. The molecule has 32 heavy (non-hydrogen) atoms. The third kappa shape index (κ3) is 6.42. The summed E-state index contributed by atoms with van der Waals surface area (Å²) >= 11 is 0. The van der Waals surface area contributed by atoms with Crippen LogP contribution >= 0.6 is 0 Å². The van der Waals surface area contributed by atoms with Crippen LogP contribution in [0.4, 0.5) is 0 Å². The van der Waals surface area contributed by atoms with Crippen molar-refractivity contribution in [3.63, 3.8) is 0 Å². The fourth-order valence-corrected chi connectivity index (χ4v) is 4.67. The predicted octanol–water partition coefficient (Wildman–Crippen LogP) is 2.14. The fourth-order valence-electron chi connectivity index (χ4n) is 4.67. The molecule has 2 aliphatic heterocycles. The minimum atomic E-state index is 0.617. The second-order valence-corrected chi connectivity index (χ2v) is 8.84. The molecule has 180 valence electrons. The van der Waals surface area contributed by atoms with E-state index in [-0.39, 0.29) is 0 Å². The molecule has 1 aromatic rings. The lowest BCUT2D eigenvalue weighted by Gasteiger charge is -2.37. The number of likely N-dealkylation sites (tertiary alicyclic amines) is 1. The first-order valence-electron chi connectivity index (χ1n) is 11.8. The molecule has 0 spiro atoms. The van der Waals surface area contributed by atoms with Gasteiger partial charge in [-0.15, -0.1) is 0 Å². The summed E-state index contributed by atoms with van der Waals surface area (Å²) in [5.74, 6) is 3.68. The third-order valence-corrected chi connectivity index (χ3v) is 6.39. The summed E-state index contributed by atoms with van der Waals surface area (Å²) in [5, 5.41) is 3.60. The van der Waals surface area contributed by atoms with Crippen molar-refractivity contribution >= 4 is 5.96 Å². The maximum absolute atomic E-state index is 5.50. The van der Waals surface area contributed by atoms with E-state index < -0.39 is 0 Å². The van der Waals surface area contributed by atoms with E-state index in [0.29, 0.717) is 23.2 Å². The minimum absolute atomic E-state index is 0.617. The van der Waals surface area contributed by atoms with E-state index in [2.05, 4.69) is 31.9 Å². The Morgan fingerprint density at radius 3 is 2.09 bits per heavy atom. The largest absolute Gasteiger partial charge is 0.493 e. The quantitative estimate of drug-likeness (QED) is 0.460. The number of nitrogens with one attached hydrogen (secondary N) is 1. The standard InChI is InChI=1S/C24H41N5O3/c1-19(17-27-8-6-7-9-27)16-26-24(25-2)29-12-10-28(11-13-29)18-20-14-21(30-3)23(32-5)22(15-20)31-4/h14-15,19H,6-13,16-18H2,1-5H3,(H,25,26). The highest BCUT2D eigenvalue weighted by Crippen LogP contribution is 2.38. The Morgan fingerprint density at radius 1 is 0.938 bits per heavy atom. The molecule has 0 bridgehead atoms. The van der Waals surface area contributed by atoms with Crippen LogP contribution in [-0.4, -0.2) is 101 Å². The molecule has 8 nitrogen and oxygen atoms in total. The molecule has 1 unspecified atom stereocenters. The fraction of sp³-hybridized carbons (Fsp3) is 0.708. The molecule has 0 saturated carbocycles. The van der Waals surface area contributed by atoms with Crippen molar-refractivity contribution in [1.82, 2.24) is 20.0 Å². The molecule has 3 rings (SSSR count). The molecular formula is C24H41N5O3. The van der Waals surface area contributed by atoms with Gasteiger partial charge in [-0.05, 0) is 49.5 Å². The van der Waals surface area contributed by atoms with Crippen molar-refractivity contribution in [3.05, 3.63) is 17.7 Å². The van der Waals surface area contributed by atoms with Crippen molar-refractivity contribution in [3.8, 4) is 17.2 Å². The van der Waals surface area contributed by atoms with E-state index in [9.17, 15) is 0 Å². The summed E-state index contributed by atoms with van der Waals surface area (Å²) in [6.45, 7) is 11.7. The number of methoxy groups -OCH3 is 3. The van der Waals surface area contributed by atoms with E-state index >= 15 is 0 Å². The van der Waals surface area contributed by atoms with E-state index in [1.54, 1.807) is 21.3 Å². The van der Waals surface area contributed by atoms with Crippen molar-refractivity contribution in [2.75, 3.05) is 80.7 Å². The van der Waals surface area contributed by atoms with Crippen LogP contribution in [0.1, 0.15) is 25.3 Å². The van der Waals surface area contributed by atoms with Crippen molar-refractivity contribution in [1.29, 1.82) is 0 Å². The first-order chi connectivity index (χ1) is 15.6. The van der Waals surface area contributed by atoms with Gasteiger partial charge in [0.1, 0.15) is 0 Å². The zero-order valence-electron chi connectivity index (χ0n) is 20.5. The van der Waals surface area contributed by atoms with Crippen LogP contribution in [-0.2, 0) is 6.54 Å². The number of piperazine rings is 1. The molecule has 0 amide bonds. The average Bonchev–Trinajstić information content (AvgIpc) is 3.32. The normalized spacial score (nSPS) is 19.2. The molecule has 0 radical (unpaired) electrons. The highest BCUT2D eigenvalue weighted by Gasteiger charge is 2.22. The van der Waals surface area contributed by atoms with Crippen LogP contribution in [0.2, 0.25) is 0 Å². The third-order valence-electron chi connectivity index (χ3n) is 6.39. The molecule has 0 aromatic heterocycles. The lowest BCUT2D eigenvalue weighted by molar-refractivity contribution is 0.171. The summed E-state index contributed by atoms with van der Waals surface area (Å²) in [7, 11) is 6.83. The Morgan fingerprint density at radius 2 is 1.56 bits per heavy atom. The number of nitrogens with zero attached hydrogens (tertiary/aromatic N) is 4. The molecule has 2 saturated heterocycles. The van der Waals surface area contributed by atoms with E-state index in [4.69, 9.17) is 14.2 Å². The molecule has 2 fully saturated rings. The van der Waals surface area contributed by atoms with E-state index in [1.807, 2.05) is 19.2 Å². The molecule has 0 aliphatic carbocycles. The van der Waals surface area contributed by atoms with Gasteiger partial charge >= 0.3 is 0 Å². The number of ether oxygens (including phenoxy) is 3. The van der Waals surface area contributed by atoms with Gasteiger partial charge in [0.15, 0.2) is 17.5 Å². The number of benzene rings is 1. The monoisotopic (exact) mass is 447 g/mol. The maximum Gasteiger partial charge on any atom is 0.203 e. The highest BCUT2D eigenvalue weighted by atomic mass is 16.5.